The van der Waals surface area contributed by atoms with Crippen molar-refractivity contribution >= 4 is 5.95 Å². The predicted octanol–water partition coefficient (Wildman–Crippen LogP) is 1.92. The third kappa shape index (κ3) is 5.61. The largest absolute Gasteiger partial charge is 0.385 e. The predicted molar refractivity (Wildman–Crippen MR) is 79.5 cm³/mol. The lowest BCUT2D eigenvalue weighted by molar-refractivity contribution is 0.190. The number of ether oxygens (including phenoxy) is 1. The van der Waals surface area contributed by atoms with Crippen LogP contribution >= 0.6 is 0 Å². The van der Waals surface area contributed by atoms with Gasteiger partial charge in [-0.3, -0.25) is 0 Å². The zero-order valence-corrected chi connectivity index (χ0v) is 12.9. The maximum absolute atomic E-state index is 5.09. The number of anilines is 1. The summed E-state index contributed by atoms with van der Waals surface area (Å²) >= 11 is 0. The van der Waals surface area contributed by atoms with Crippen molar-refractivity contribution in [2.24, 2.45) is 5.92 Å². The first-order chi connectivity index (χ1) is 9.04. The highest BCUT2D eigenvalue weighted by atomic mass is 16.5. The molecule has 5 heteroatoms. The fourth-order valence-electron chi connectivity index (χ4n) is 1.99. The molecule has 1 aromatic rings. The number of methoxy groups -OCH3 is 1. The van der Waals surface area contributed by atoms with Crippen molar-refractivity contribution in [1.29, 1.82) is 0 Å². The van der Waals surface area contributed by atoms with E-state index in [1.54, 1.807) is 7.11 Å². The van der Waals surface area contributed by atoms with Gasteiger partial charge in [-0.1, -0.05) is 13.8 Å². The Kier molecular flexibility index (Phi) is 6.87. The van der Waals surface area contributed by atoms with Gasteiger partial charge in [0.2, 0.25) is 5.95 Å². The molecule has 110 valence electrons. The molecule has 0 saturated carbocycles. The summed E-state index contributed by atoms with van der Waals surface area (Å²) in [4.78, 5) is 6.62. The summed E-state index contributed by atoms with van der Waals surface area (Å²) in [6, 6.07) is 0.401. The molecule has 0 bridgehead atoms. The van der Waals surface area contributed by atoms with Crippen LogP contribution in [0.5, 0.6) is 0 Å². The van der Waals surface area contributed by atoms with E-state index in [2.05, 4.69) is 47.7 Å². The molecule has 1 heterocycles. The summed E-state index contributed by atoms with van der Waals surface area (Å²) in [5.74, 6) is 1.52. The molecule has 0 aliphatic heterocycles. The number of aryl methyl sites for hydroxylation is 1. The van der Waals surface area contributed by atoms with Crippen LogP contribution in [0.4, 0.5) is 5.95 Å². The molecule has 1 rings (SSSR count). The molecule has 0 radical (unpaired) electrons. The van der Waals surface area contributed by atoms with Gasteiger partial charge in [-0.2, -0.15) is 0 Å². The number of aromatic nitrogens is 2. The Bertz CT molecular complexity index is 349. The van der Waals surface area contributed by atoms with E-state index in [0.717, 1.165) is 32.1 Å². The van der Waals surface area contributed by atoms with Crippen molar-refractivity contribution in [2.75, 3.05) is 39.7 Å². The number of likely N-dealkylation sites (N-methyl/N-ethyl adjacent to an activating group) is 1. The third-order valence-corrected chi connectivity index (χ3v) is 3.14. The summed E-state index contributed by atoms with van der Waals surface area (Å²) in [6.45, 7) is 7.19. The van der Waals surface area contributed by atoms with Crippen molar-refractivity contribution in [2.45, 2.75) is 32.9 Å². The molecule has 1 N–H and O–H groups in total. The van der Waals surface area contributed by atoms with Gasteiger partial charge >= 0.3 is 0 Å². The van der Waals surface area contributed by atoms with Crippen molar-refractivity contribution in [3.63, 3.8) is 0 Å². The molecule has 0 amide bonds. The molecule has 0 aliphatic rings. The van der Waals surface area contributed by atoms with Gasteiger partial charge in [0.05, 0.1) is 0 Å². The summed E-state index contributed by atoms with van der Waals surface area (Å²) in [7, 11) is 5.93. The summed E-state index contributed by atoms with van der Waals surface area (Å²) < 4.78 is 7.25. The Labute approximate surface area is 117 Å². The summed E-state index contributed by atoms with van der Waals surface area (Å²) in [5, 5.41) is 3.55. The molecule has 19 heavy (non-hydrogen) atoms. The maximum atomic E-state index is 5.09. The molecule has 0 fully saturated rings. The Morgan fingerprint density at radius 1 is 1.42 bits per heavy atom. The van der Waals surface area contributed by atoms with Crippen molar-refractivity contribution in [3.8, 4) is 0 Å². The molecular formula is C14H28N4O. The van der Waals surface area contributed by atoms with Crippen LogP contribution in [0.1, 0.15) is 20.3 Å². The molecular weight excluding hydrogens is 240 g/mol. The number of imidazole rings is 1. The zero-order valence-electron chi connectivity index (χ0n) is 12.9. The van der Waals surface area contributed by atoms with E-state index in [-0.39, 0.29) is 0 Å². The Morgan fingerprint density at radius 2 is 2.16 bits per heavy atom. The van der Waals surface area contributed by atoms with E-state index in [4.69, 9.17) is 4.74 Å². The zero-order chi connectivity index (χ0) is 14.3. The molecule has 0 spiro atoms. The highest BCUT2D eigenvalue weighted by molar-refractivity contribution is 5.28. The van der Waals surface area contributed by atoms with Crippen LogP contribution in [0, 0.1) is 5.92 Å². The van der Waals surface area contributed by atoms with Gasteiger partial charge in [0.25, 0.3) is 0 Å². The average molecular weight is 268 g/mol. The first-order valence-electron chi connectivity index (χ1n) is 6.96. The van der Waals surface area contributed by atoms with E-state index in [9.17, 15) is 0 Å². The number of nitrogens with zero attached hydrogens (tertiary/aromatic N) is 3. The van der Waals surface area contributed by atoms with Crippen LogP contribution in [-0.2, 0) is 11.3 Å². The molecule has 0 aliphatic carbocycles. The molecule has 1 aromatic heterocycles. The Morgan fingerprint density at radius 3 is 2.74 bits per heavy atom. The smallest absolute Gasteiger partial charge is 0.203 e. The van der Waals surface area contributed by atoms with Crippen LogP contribution in [-0.4, -0.2) is 54.8 Å². The van der Waals surface area contributed by atoms with Gasteiger partial charge in [-0.15, -0.1) is 0 Å². The lowest BCUT2D eigenvalue weighted by Gasteiger charge is -2.26. The van der Waals surface area contributed by atoms with Crippen molar-refractivity contribution < 1.29 is 4.74 Å². The Hall–Kier alpha value is -1.07. The summed E-state index contributed by atoms with van der Waals surface area (Å²) in [5.41, 5.74) is 0. The number of hydrogen-bond acceptors (Lipinski definition) is 4. The molecule has 0 saturated heterocycles. The van der Waals surface area contributed by atoms with E-state index in [0.29, 0.717) is 12.0 Å². The second kappa shape index (κ2) is 8.17. The van der Waals surface area contributed by atoms with Gasteiger partial charge in [0.1, 0.15) is 0 Å². The van der Waals surface area contributed by atoms with Gasteiger partial charge in [0, 0.05) is 45.2 Å². The minimum atomic E-state index is 0.401. The van der Waals surface area contributed by atoms with Crippen molar-refractivity contribution in [1.82, 2.24) is 14.5 Å². The van der Waals surface area contributed by atoms with Gasteiger partial charge in [0.15, 0.2) is 0 Å². The number of hydrogen-bond donors (Lipinski definition) is 1. The maximum Gasteiger partial charge on any atom is 0.203 e. The topological polar surface area (TPSA) is 42.3 Å². The summed E-state index contributed by atoms with van der Waals surface area (Å²) in [6.07, 6.45) is 4.87. The van der Waals surface area contributed by atoms with E-state index in [1.165, 1.54) is 0 Å². The minimum absolute atomic E-state index is 0.401. The minimum Gasteiger partial charge on any atom is -0.385 e. The SMILES string of the molecule is COCCCn1ccnc1NC(CN(C)C)C(C)C. The number of nitrogens with one attached hydrogen (secondary N) is 1. The highest BCUT2D eigenvalue weighted by Gasteiger charge is 2.16. The Balaban J connectivity index is 2.60. The second-order valence-corrected chi connectivity index (χ2v) is 5.55. The first kappa shape index (κ1) is 16.0. The van der Waals surface area contributed by atoms with Gasteiger partial charge in [-0.05, 0) is 26.4 Å². The fourth-order valence-corrected chi connectivity index (χ4v) is 1.99. The van der Waals surface area contributed by atoms with Crippen LogP contribution in [0.25, 0.3) is 0 Å². The molecule has 1 unspecified atom stereocenters. The van der Waals surface area contributed by atoms with Gasteiger partial charge in [-0.25, -0.2) is 4.98 Å². The van der Waals surface area contributed by atoms with E-state index < -0.39 is 0 Å². The quantitative estimate of drug-likeness (QED) is 0.695. The highest BCUT2D eigenvalue weighted by Crippen LogP contribution is 2.12. The van der Waals surface area contributed by atoms with Crippen molar-refractivity contribution in [3.05, 3.63) is 12.4 Å². The molecule has 5 nitrogen and oxygen atoms in total. The van der Waals surface area contributed by atoms with E-state index >= 15 is 0 Å². The monoisotopic (exact) mass is 268 g/mol. The fraction of sp³-hybridized carbons (Fsp3) is 0.786. The normalized spacial score (nSPS) is 13.2. The van der Waals surface area contributed by atoms with Crippen LogP contribution in [0.2, 0.25) is 0 Å². The van der Waals surface area contributed by atoms with Crippen LogP contribution < -0.4 is 5.32 Å². The first-order valence-corrected chi connectivity index (χ1v) is 6.96. The molecule has 1 atom stereocenters. The molecule has 0 aromatic carbocycles. The number of rotatable bonds is 9. The van der Waals surface area contributed by atoms with E-state index in [1.807, 2.05) is 12.4 Å². The standard InChI is InChI=1S/C14H28N4O/c1-12(2)13(11-17(3)4)16-14-15-7-9-18(14)8-6-10-19-5/h7,9,12-13H,6,8,10-11H2,1-5H3,(H,15,16). The van der Waals surface area contributed by atoms with Crippen LogP contribution in [0.3, 0.4) is 0 Å². The van der Waals surface area contributed by atoms with Crippen LogP contribution in [0.15, 0.2) is 12.4 Å². The lowest BCUT2D eigenvalue weighted by Crippen LogP contribution is -2.37. The average Bonchev–Trinajstić information content (AvgIpc) is 2.75. The lowest BCUT2D eigenvalue weighted by atomic mass is 10.0. The van der Waals surface area contributed by atoms with Gasteiger partial charge < -0.3 is 19.5 Å². The second-order valence-electron chi connectivity index (χ2n) is 5.55. The third-order valence-electron chi connectivity index (χ3n) is 3.14.